The first kappa shape index (κ1) is 23.7. The molecule has 0 atom stereocenters. The molecule has 0 saturated carbocycles. The third kappa shape index (κ3) is 3.33. The predicted octanol–water partition coefficient (Wildman–Crippen LogP) is 4.05. The van der Waals surface area contributed by atoms with Gasteiger partial charge in [-0.2, -0.15) is 0 Å². The lowest BCUT2D eigenvalue weighted by Gasteiger charge is -2.34. The van der Waals surface area contributed by atoms with Crippen molar-refractivity contribution < 1.29 is 40.5 Å². The third-order valence-corrected chi connectivity index (χ3v) is 9.06. The number of aromatic carboxylic acids is 1. The van der Waals surface area contributed by atoms with Crippen LogP contribution in [-0.4, -0.2) is 56.0 Å². The zero-order valence-corrected chi connectivity index (χ0v) is 20.0. The molecule has 37 heavy (non-hydrogen) atoms. The van der Waals surface area contributed by atoms with Gasteiger partial charge in [0.25, 0.3) is 0 Å². The average Bonchev–Trinajstić information content (AvgIpc) is 2.79. The summed E-state index contributed by atoms with van der Waals surface area (Å²) in [6.07, 6.45) is 6.20. The van der Waals surface area contributed by atoms with Crippen LogP contribution >= 0.6 is 0 Å². The lowest BCUT2D eigenvalue weighted by Crippen LogP contribution is -2.37. The highest BCUT2D eigenvalue weighted by molar-refractivity contribution is 7.95. The second-order valence-electron chi connectivity index (χ2n) is 9.23. The lowest BCUT2D eigenvalue weighted by molar-refractivity contribution is -0.582. The van der Waals surface area contributed by atoms with E-state index in [1.165, 1.54) is 24.3 Å². The molecule has 0 radical (unpaired) electrons. The fourth-order valence-electron chi connectivity index (χ4n) is 5.02. The summed E-state index contributed by atoms with van der Waals surface area (Å²) in [5, 5.41) is 9.69. The molecular weight excluding hydrogens is 512 g/mol. The molecule has 0 amide bonds. The summed E-state index contributed by atoms with van der Waals surface area (Å²) in [5.41, 5.74) is -1.87. The number of carboxylic acid groups (broad SMARTS) is 1. The first-order chi connectivity index (χ1) is 17.6. The molecule has 4 aliphatic rings. The van der Waals surface area contributed by atoms with Crippen molar-refractivity contribution in [2.24, 2.45) is 0 Å². The number of carbonyl (C=O) groups is 1. The lowest BCUT2D eigenvalue weighted by atomic mass is 9.86. The maximum absolute atomic E-state index is 15.3. The van der Waals surface area contributed by atoms with Crippen molar-refractivity contribution in [3.05, 3.63) is 86.9 Å². The minimum absolute atomic E-state index is 0.125. The Balaban J connectivity index is 1.73. The highest BCUT2D eigenvalue weighted by Crippen LogP contribution is 2.48. The highest BCUT2D eigenvalue weighted by Gasteiger charge is 2.41. The summed E-state index contributed by atoms with van der Waals surface area (Å²) in [4.78, 5) is 13.4. The fraction of sp³-hybridized carbons (Fsp3) is 0.231. The number of benzene rings is 2. The molecule has 3 heterocycles. The van der Waals surface area contributed by atoms with Gasteiger partial charge in [0.1, 0.15) is 18.7 Å². The molecule has 0 unspecified atom stereocenters. The maximum atomic E-state index is 15.3. The Labute approximate surface area is 209 Å². The summed E-state index contributed by atoms with van der Waals surface area (Å²) < 4.78 is 88.3. The average molecular weight is 532 g/mol. The van der Waals surface area contributed by atoms with E-state index in [4.69, 9.17) is 0 Å². The van der Waals surface area contributed by atoms with Gasteiger partial charge in [-0.05, 0) is 24.6 Å². The summed E-state index contributed by atoms with van der Waals surface area (Å²) >= 11 is 0. The third-order valence-electron chi connectivity index (χ3n) is 7.22. The number of hydrogen-bond donors (Lipinski definition) is 1. The topological polar surface area (TPSA) is 77.7 Å². The van der Waals surface area contributed by atoms with Gasteiger partial charge in [-0.3, -0.25) is 0 Å². The summed E-state index contributed by atoms with van der Waals surface area (Å²) in [7, 11) is -4.20. The number of rotatable bonds is 3. The van der Waals surface area contributed by atoms with E-state index < -0.39 is 50.2 Å². The summed E-state index contributed by atoms with van der Waals surface area (Å²) in [5.74, 6) is -10.5. The number of nitrogens with zero attached hydrogens (tertiary/aromatic N) is 2. The quantitative estimate of drug-likeness (QED) is 0.280. The molecule has 1 N–H and O–H groups in total. The molecule has 0 aromatic heterocycles. The van der Waals surface area contributed by atoms with E-state index >= 15 is 4.39 Å². The Morgan fingerprint density at radius 2 is 1.65 bits per heavy atom. The van der Waals surface area contributed by atoms with E-state index in [0.717, 1.165) is 12.8 Å². The van der Waals surface area contributed by atoms with Gasteiger partial charge in [0.15, 0.2) is 23.3 Å². The molecular formula is C26H19F4N2O4S+. The Morgan fingerprint density at radius 3 is 2.24 bits per heavy atom. The van der Waals surface area contributed by atoms with Crippen LogP contribution in [0.15, 0.2) is 51.8 Å². The molecule has 190 valence electrons. The summed E-state index contributed by atoms with van der Waals surface area (Å²) in [6.45, 7) is 2.82. The molecule has 11 heteroatoms. The van der Waals surface area contributed by atoms with Crippen LogP contribution in [0.5, 0.6) is 0 Å². The fourth-order valence-corrected chi connectivity index (χ4v) is 6.73. The van der Waals surface area contributed by atoms with Crippen molar-refractivity contribution in [1.82, 2.24) is 0 Å². The smallest absolute Gasteiger partial charge is 0.339 e. The molecule has 3 aliphatic heterocycles. The molecule has 0 spiro atoms. The van der Waals surface area contributed by atoms with Crippen LogP contribution in [0, 0.1) is 23.3 Å². The van der Waals surface area contributed by atoms with E-state index in [0.29, 0.717) is 37.6 Å². The van der Waals surface area contributed by atoms with E-state index in [-0.39, 0.29) is 26.5 Å². The van der Waals surface area contributed by atoms with Gasteiger partial charge < -0.3 is 10.0 Å². The second-order valence-corrected chi connectivity index (χ2v) is 11.1. The minimum atomic E-state index is -4.20. The van der Waals surface area contributed by atoms with Crippen molar-refractivity contribution in [1.29, 1.82) is 0 Å². The van der Waals surface area contributed by atoms with E-state index in [2.05, 4.69) is 0 Å². The standard InChI is InChI=1S/C26H18F4N2O4S/c27-22-20(21(26(33)34)23(28)25(30)24(22)29)19-15-5-3-13(31-7-1-8-31)11-17(15)37(35,36)18-12-14(4-6-16(18)19)32-9-2-10-32/h3-6,11-12H,1-2,7-10H2/p+1. The van der Waals surface area contributed by atoms with Crippen LogP contribution in [-0.2, 0) is 9.84 Å². The van der Waals surface area contributed by atoms with E-state index in [9.17, 15) is 31.5 Å². The van der Waals surface area contributed by atoms with Crippen molar-refractivity contribution in [3.8, 4) is 0 Å². The Morgan fingerprint density at radius 1 is 0.946 bits per heavy atom. The highest BCUT2D eigenvalue weighted by atomic mass is 32.2. The molecule has 6 rings (SSSR count). The van der Waals surface area contributed by atoms with Gasteiger partial charge >= 0.3 is 5.97 Å². The van der Waals surface area contributed by atoms with Crippen molar-refractivity contribution in [2.45, 2.75) is 17.7 Å². The van der Waals surface area contributed by atoms with Crippen LogP contribution in [0.3, 0.4) is 0 Å². The van der Waals surface area contributed by atoms with Crippen LogP contribution in [0.25, 0.3) is 5.57 Å². The monoisotopic (exact) mass is 531 g/mol. The molecule has 2 saturated heterocycles. The summed E-state index contributed by atoms with van der Waals surface area (Å²) in [6, 6.07) is 4.35. The number of halogens is 4. The van der Waals surface area contributed by atoms with Crippen LogP contribution in [0.4, 0.5) is 23.2 Å². The van der Waals surface area contributed by atoms with Crippen LogP contribution in [0.2, 0.25) is 0 Å². The van der Waals surface area contributed by atoms with Crippen molar-refractivity contribution in [3.63, 3.8) is 0 Å². The number of fused-ring (bicyclic) bond motifs is 2. The zero-order chi connectivity index (χ0) is 26.2. The molecule has 2 aromatic rings. The van der Waals surface area contributed by atoms with E-state index in [1.54, 1.807) is 12.1 Å². The van der Waals surface area contributed by atoms with Gasteiger partial charge in [-0.15, -0.1) is 0 Å². The first-order valence-electron chi connectivity index (χ1n) is 11.6. The van der Waals surface area contributed by atoms with E-state index in [1.807, 2.05) is 9.48 Å². The Hall–Kier alpha value is -3.73. The minimum Gasteiger partial charge on any atom is -0.478 e. The Bertz CT molecular complexity index is 1660. The number of sulfone groups is 1. The normalized spacial score (nSPS) is 19.7. The maximum Gasteiger partial charge on any atom is 0.339 e. The SMILES string of the molecule is O=C(O)c1c(F)c(F)c(F)c(F)c1C1=C2C=CC(=[N+]3CCC3)C=C2S(=O)(=O)c2cc(N3CCC3)ccc21. The van der Waals surface area contributed by atoms with Crippen LogP contribution in [0.1, 0.15) is 34.3 Å². The molecule has 0 bridgehead atoms. The number of carboxylic acids is 1. The second kappa shape index (κ2) is 8.14. The Kier molecular flexibility index (Phi) is 5.20. The van der Waals surface area contributed by atoms with Gasteiger partial charge in [0.2, 0.25) is 15.5 Å². The van der Waals surface area contributed by atoms with Crippen LogP contribution < -0.4 is 4.90 Å². The largest absolute Gasteiger partial charge is 0.478 e. The zero-order valence-electron chi connectivity index (χ0n) is 19.2. The predicted molar refractivity (Wildman–Crippen MR) is 127 cm³/mol. The van der Waals surface area contributed by atoms with Crippen molar-refractivity contribution in [2.75, 3.05) is 31.1 Å². The molecule has 2 aromatic carbocycles. The molecule has 6 nitrogen and oxygen atoms in total. The first-order valence-corrected chi connectivity index (χ1v) is 13.1. The van der Waals surface area contributed by atoms with Gasteiger partial charge in [0.05, 0.1) is 16.2 Å². The van der Waals surface area contributed by atoms with Crippen molar-refractivity contribution >= 4 is 32.8 Å². The molecule has 1 aliphatic carbocycles. The van der Waals surface area contributed by atoms with Gasteiger partial charge in [0, 0.05) is 53.2 Å². The molecule has 2 fully saturated rings. The van der Waals surface area contributed by atoms with Gasteiger partial charge in [-0.1, -0.05) is 6.07 Å². The number of anilines is 1. The number of allylic oxidation sites excluding steroid dienone is 4. The number of hydrogen-bond acceptors (Lipinski definition) is 4. The van der Waals surface area contributed by atoms with Gasteiger partial charge in [-0.25, -0.2) is 35.3 Å².